The lowest BCUT2D eigenvalue weighted by atomic mass is 10.0. The first kappa shape index (κ1) is 24.3. The third-order valence-corrected chi connectivity index (χ3v) is 11.3. The van der Waals surface area contributed by atoms with E-state index in [2.05, 4.69) is 144 Å². The monoisotopic (exact) mass is 597 g/mol. The van der Waals surface area contributed by atoms with Crippen LogP contribution < -0.4 is 4.90 Å². The van der Waals surface area contributed by atoms with Crippen molar-refractivity contribution in [1.29, 1.82) is 0 Å². The van der Waals surface area contributed by atoms with Crippen molar-refractivity contribution in [1.82, 2.24) is 0 Å². The average molecular weight is 598 g/mol. The number of para-hydroxylation sites is 2. The second-order valence-electron chi connectivity index (χ2n) is 11.3. The van der Waals surface area contributed by atoms with E-state index in [1.54, 1.807) is 0 Å². The van der Waals surface area contributed by atoms with Crippen LogP contribution in [0.1, 0.15) is 0 Å². The second kappa shape index (κ2) is 9.17. The van der Waals surface area contributed by atoms with E-state index in [1.165, 1.54) is 56.5 Å². The molecule has 2 nitrogen and oxygen atoms in total. The summed E-state index contributed by atoms with van der Waals surface area (Å²) in [6.45, 7) is 0. The van der Waals surface area contributed by atoms with Crippen LogP contribution in [-0.2, 0) is 0 Å². The molecule has 0 aliphatic rings. The van der Waals surface area contributed by atoms with Crippen LogP contribution in [-0.4, -0.2) is 0 Å². The van der Waals surface area contributed by atoms with E-state index in [4.69, 9.17) is 4.42 Å². The summed E-state index contributed by atoms with van der Waals surface area (Å²) in [6.07, 6.45) is 0. The minimum atomic E-state index is 0.899. The summed E-state index contributed by atoms with van der Waals surface area (Å²) in [4.78, 5) is 2.34. The lowest BCUT2D eigenvalue weighted by Crippen LogP contribution is -2.09. The first-order valence-electron chi connectivity index (χ1n) is 14.8. The van der Waals surface area contributed by atoms with E-state index in [9.17, 15) is 0 Å². The summed E-state index contributed by atoms with van der Waals surface area (Å²) < 4.78 is 12.0. The molecule has 10 aromatic rings. The third-order valence-electron chi connectivity index (χ3n) is 8.84. The Hall–Kier alpha value is -5.16. The van der Waals surface area contributed by atoms with Crippen molar-refractivity contribution in [3.8, 4) is 0 Å². The van der Waals surface area contributed by atoms with Crippen LogP contribution >= 0.6 is 22.7 Å². The van der Waals surface area contributed by atoms with Crippen molar-refractivity contribution >= 4 is 113 Å². The minimum Gasteiger partial charge on any atom is -0.454 e. The number of fused-ring (bicyclic) bond motifs is 12. The van der Waals surface area contributed by atoms with Crippen LogP contribution in [0.25, 0.3) is 73.1 Å². The Morgan fingerprint density at radius 2 is 1.20 bits per heavy atom. The molecule has 0 N–H and O–H groups in total. The van der Waals surface area contributed by atoms with E-state index in [1.807, 2.05) is 22.7 Å². The van der Waals surface area contributed by atoms with Crippen LogP contribution in [0.2, 0.25) is 0 Å². The smallest absolute Gasteiger partial charge is 0.159 e. The van der Waals surface area contributed by atoms with Gasteiger partial charge in [-0.2, -0.15) is 0 Å². The topological polar surface area (TPSA) is 16.4 Å². The standard InChI is InChI=1S/C40H23NOS2/c1-2-10-25(11-3-1)41(26-18-22-36-32(23-26)28-13-6-7-16-35(28)43-36)33-15-8-14-31-37-34(42-38(31)33)21-20-30-29-19-17-24-9-4-5-12-27(24)39(29)44-40(30)37/h1-23H. The molecule has 3 heterocycles. The van der Waals surface area contributed by atoms with Crippen molar-refractivity contribution in [3.63, 3.8) is 0 Å². The van der Waals surface area contributed by atoms with Crippen LogP contribution in [0, 0.1) is 0 Å². The van der Waals surface area contributed by atoms with Gasteiger partial charge in [0.1, 0.15) is 5.58 Å². The highest BCUT2D eigenvalue weighted by Gasteiger charge is 2.22. The van der Waals surface area contributed by atoms with Crippen LogP contribution in [0.4, 0.5) is 17.1 Å². The highest BCUT2D eigenvalue weighted by Crippen LogP contribution is 2.48. The molecule has 0 unspecified atom stereocenters. The normalized spacial score (nSPS) is 12.1. The molecule has 0 spiro atoms. The van der Waals surface area contributed by atoms with E-state index >= 15 is 0 Å². The van der Waals surface area contributed by atoms with Gasteiger partial charge in [-0.1, -0.05) is 84.9 Å². The number of thiophene rings is 2. The molecule has 10 rings (SSSR count). The summed E-state index contributed by atoms with van der Waals surface area (Å²) in [7, 11) is 0. The summed E-state index contributed by atoms with van der Waals surface area (Å²) in [5.41, 5.74) is 5.06. The molecular weight excluding hydrogens is 575 g/mol. The average Bonchev–Trinajstić information content (AvgIpc) is 3.77. The summed E-state index contributed by atoms with van der Waals surface area (Å²) in [5.74, 6) is 0. The van der Waals surface area contributed by atoms with Crippen LogP contribution in [0.5, 0.6) is 0 Å². The maximum absolute atomic E-state index is 6.81. The van der Waals surface area contributed by atoms with Crippen molar-refractivity contribution in [2.75, 3.05) is 4.90 Å². The van der Waals surface area contributed by atoms with Gasteiger partial charge in [-0.25, -0.2) is 0 Å². The zero-order valence-electron chi connectivity index (χ0n) is 23.5. The van der Waals surface area contributed by atoms with E-state index < -0.39 is 0 Å². The van der Waals surface area contributed by atoms with Gasteiger partial charge in [0.2, 0.25) is 0 Å². The lowest BCUT2D eigenvalue weighted by molar-refractivity contribution is 0.669. The zero-order chi connectivity index (χ0) is 28.8. The van der Waals surface area contributed by atoms with Gasteiger partial charge in [0.05, 0.1) is 5.69 Å². The Bertz CT molecular complexity index is 2730. The molecule has 0 amide bonds. The molecule has 44 heavy (non-hydrogen) atoms. The molecule has 206 valence electrons. The molecule has 0 bridgehead atoms. The Labute approximate surface area is 260 Å². The molecule has 0 radical (unpaired) electrons. The molecule has 3 aromatic heterocycles. The van der Waals surface area contributed by atoms with Crippen LogP contribution in [0.15, 0.2) is 144 Å². The third kappa shape index (κ3) is 3.41. The lowest BCUT2D eigenvalue weighted by Gasteiger charge is -2.25. The minimum absolute atomic E-state index is 0.899. The number of nitrogens with zero attached hydrogens (tertiary/aromatic N) is 1. The zero-order valence-corrected chi connectivity index (χ0v) is 25.1. The maximum Gasteiger partial charge on any atom is 0.159 e. The largest absolute Gasteiger partial charge is 0.454 e. The van der Waals surface area contributed by atoms with Crippen LogP contribution in [0.3, 0.4) is 0 Å². The summed E-state index contributed by atoms with van der Waals surface area (Å²) >= 11 is 3.72. The number of rotatable bonds is 3. The highest BCUT2D eigenvalue weighted by atomic mass is 32.1. The Morgan fingerprint density at radius 1 is 0.455 bits per heavy atom. The Kier molecular flexibility index (Phi) is 5.06. The van der Waals surface area contributed by atoms with Gasteiger partial charge in [-0.15, -0.1) is 22.7 Å². The molecule has 0 saturated heterocycles. The Balaban J connectivity index is 1.26. The van der Waals surface area contributed by atoms with Crippen molar-refractivity contribution in [2.45, 2.75) is 0 Å². The van der Waals surface area contributed by atoms with E-state index in [0.29, 0.717) is 0 Å². The fraction of sp³-hybridized carbons (Fsp3) is 0. The van der Waals surface area contributed by atoms with Gasteiger partial charge >= 0.3 is 0 Å². The first-order chi connectivity index (χ1) is 21.8. The molecule has 4 heteroatoms. The molecule has 0 aliphatic heterocycles. The van der Waals surface area contributed by atoms with Gasteiger partial charge < -0.3 is 9.32 Å². The molecular formula is C40H23NOS2. The van der Waals surface area contributed by atoms with Gasteiger partial charge in [0.25, 0.3) is 0 Å². The van der Waals surface area contributed by atoms with Crippen molar-refractivity contribution in [2.24, 2.45) is 0 Å². The molecule has 0 atom stereocenters. The number of furan rings is 1. The van der Waals surface area contributed by atoms with Crippen molar-refractivity contribution < 1.29 is 4.42 Å². The number of hydrogen-bond donors (Lipinski definition) is 0. The van der Waals surface area contributed by atoms with Gasteiger partial charge in [-0.05, 0) is 65.4 Å². The Morgan fingerprint density at radius 3 is 2.14 bits per heavy atom. The maximum atomic E-state index is 6.81. The number of hydrogen-bond acceptors (Lipinski definition) is 4. The molecule has 0 aliphatic carbocycles. The fourth-order valence-electron chi connectivity index (χ4n) is 6.86. The second-order valence-corrected chi connectivity index (χ2v) is 13.4. The first-order valence-corrected chi connectivity index (χ1v) is 16.4. The van der Waals surface area contributed by atoms with Gasteiger partial charge in [-0.3, -0.25) is 0 Å². The molecule has 0 fully saturated rings. The predicted octanol–water partition coefficient (Wildman–Crippen LogP) is 12.9. The van der Waals surface area contributed by atoms with E-state index in [0.717, 1.165) is 33.6 Å². The van der Waals surface area contributed by atoms with Gasteiger partial charge in [0, 0.05) is 62.5 Å². The fourth-order valence-corrected chi connectivity index (χ4v) is 9.34. The van der Waals surface area contributed by atoms with E-state index in [-0.39, 0.29) is 0 Å². The quantitative estimate of drug-likeness (QED) is 0.201. The summed E-state index contributed by atoms with van der Waals surface area (Å²) in [5, 5.41) is 10.1. The SMILES string of the molecule is c1ccc(N(c2ccc3sc4ccccc4c3c2)c2cccc3c2oc2ccc4c5ccc6ccccc6c5sc4c23)cc1. The molecule has 7 aromatic carbocycles. The number of benzene rings is 7. The molecule has 0 saturated carbocycles. The predicted molar refractivity (Wildman–Crippen MR) is 192 cm³/mol. The van der Waals surface area contributed by atoms with Gasteiger partial charge in [0.15, 0.2) is 5.58 Å². The summed E-state index contributed by atoms with van der Waals surface area (Å²) in [6, 6.07) is 50.3. The highest BCUT2D eigenvalue weighted by molar-refractivity contribution is 7.27. The number of anilines is 3. The van der Waals surface area contributed by atoms with Crippen molar-refractivity contribution in [3.05, 3.63) is 140 Å².